The van der Waals surface area contributed by atoms with Crippen LogP contribution in [0, 0.1) is 13.8 Å². The largest absolute Gasteiger partial charge is 0.311 e. The number of hydrogen-bond acceptors (Lipinski definition) is 2. The summed E-state index contributed by atoms with van der Waals surface area (Å²) in [6, 6.07) is 37.6. The molecule has 0 bridgehead atoms. The number of anilines is 6. The zero-order valence-electron chi connectivity index (χ0n) is 30.2. The van der Waals surface area contributed by atoms with E-state index in [1.165, 1.54) is 78.3 Å². The Kier molecular flexibility index (Phi) is 7.10. The minimum atomic E-state index is 0.0372. The first-order chi connectivity index (χ1) is 22.0. The smallest absolute Gasteiger partial charge is 0.252 e. The SMILES string of the molecule is Cc1ccc2c(c1)B1c3cc(C(C)(C)C)ccc3N(c3ccc(C(C)(C)C)cc3)c3cc(C)cc(c31)N2c1ccc(C(C)(C)C)cc1. The van der Waals surface area contributed by atoms with E-state index in [4.69, 9.17) is 0 Å². The van der Waals surface area contributed by atoms with Gasteiger partial charge in [-0.15, -0.1) is 0 Å². The van der Waals surface area contributed by atoms with Crippen LogP contribution < -0.4 is 26.2 Å². The molecule has 2 heterocycles. The van der Waals surface area contributed by atoms with Crippen LogP contribution in [0.5, 0.6) is 0 Å². The fourth-order valence-electron chi connectivity index (χ4n) is 7.51. The van der Waals surface area contributed by atoms with Crippen LogP contribution >= 0.6 is 0 Å². The average molecular weight is 617 g/mol. The zero-order chi connectivity index (χ0) is 33.6. The number of fused-ring (bicyclic) bond motifs is 4. The van der Waals surface area contributed by atoms with Crippen molar-refractivity contribution in [2.45, 2.75) is 92.4 Å². The van der Waals surface area contributed by atoms with Gasteiger partial charge >= 0.3 is 0 Å². The zero-order valence-corrected chi connectivity index (χ0v) is 30.2. The van der Waals surface area contributed by atoms with Crippen molar-refractivity contribution < 1.29 is 0 Å². The van der Waals surface area contributed by atoms with Gasteiger partial charge in [0.05, 0.1) is 0 Å². The lowest BCUT2D eigenvalue weighted by Crippen LogP contribution is -2.61. The highest BCUT2D eigenvalue weighted by Crippen LogP contribution is 2.45. The molecule has 0 spiro atoms. The quantitative estimate of drug-likeness (QED) is 0.178. The highest BCUT2D eigenvalue weighted by molar-refractivity contribution is 7.00. The molecule has 238 valence electrons. The topological polar surface area (TPSA) is 6.48 Å². The normalized spacial score (nSPS) is 14.1. The maximum atomic E-state index is 2.53. The molecule has 0 amide bonds. The number of aryl methyl sites for hydroxylation is 2. The molecule has 0 saturated heterocycles. The van der Waals surface area contributed by atoms with Crippen molar-refractivity contribution in [2.24, 2.45) is 0 Å². The standard InChI is InChI=1S/C44H49BN2/c1-28-12-22-37-35(24-28)45-36-27-32(44(9,10)11)17-23-38(36)47(34-20-15-31(16-21-34)43(6,7)8)40-26-29(2)25-39(41(40)45)46(37)33-18-13-30(14-19-33)42(3,4)5/h12-27H,1-11H3. The summed E-state index contributed by atoms with van der Waals surface area (Å²) >= 11 is 0. The molecule has 2 aliphatic rings. The first kappa shape index (κ1) is 31.4. The van der Waals surface area contributed by atoms with E-state index in [9.17, 15) is 0 Å². The molecule has 0 atom stereocenters. The molecule has 2 aliphatic heterocycles. The fourth-order valence-corrected chi connectivity index (χ4v) is 7.51. The van der Waals surface area contributed by atoms with Crippen LogP contribution in [0.25, 0.3) is 0 Å². The van der Waals surface area contributed by atoms with Gasteiger partial charge in [-0.1, -0.05) is 116 Å². The molecule has 0 radical (unpaired) electrons. The summed E-state index contributed by atoms with van der Waals surface area (Å²) < 4.78 is 0. The van der Waals surface area contributed by atoms with Crippen LogP contribution in [-0.2, 0) is 16.2 Å². The Hall–Kier alpha value is -4.24. The molecule has 0 saturated carbocycles. The summed E-state index contributed by atoms with van der Waals surface area (Å²) in [5, 5.41) is 0. The van der Waals surface area contributed by atoms with Gasteiger partial charge in [0.1, 0.15) is 0 Å². The van der Waals surface area contributed by atoms with Crippen LogP contribution in [-0.4, -0.2) is 6.71 Å². The summed E-state index contributed by atoms with van der Waals surface area (Å²) in [5.74, 6) is 0. The Balaban J connectivity index is 1.54. The number of rotatable bonds is 2. The lowest BCUT2D eigenvalue weighted by molar-refractivity contribution is 0.590. The summed E-state index contributed by atoms with van der Waals surface area (Å²) in [4.78, 5) is 5.04. The van der Waals surface area contributed by atoms with Crippen LogP contribution in [0.2, 0.25) is 0 Å². The van der Waals surface area contributed by atoms with Crippen molar-refractivity contribution in [3.05, 3.63) is 125 Å². The number of hydrogen-bond donors (Lipinski definition) is 0. The molecule has 0 aromatic heterocycles. The Morgan fingerprint density at radius 3 is 1.26 bits per heavy atom. The lowest BCUT2D eigenvalue weighted by Gasteiger charge is -2.45. The Bertz CT molecular complexity index is 1980. The summed E-state index contributed by atoms with van der Waals surface area (Å²) in [6.07, 6.45) is 0. The van der Waals surface area contributed by atoms with Crippen molar-refractivity contribution >= 4 is 57.2 Å². The third-order valence-corrected chi connectivity index (χ3v) is 10.2. The van der Waals surface area contributed by atoms with Gasteiger partial charge in [0.25, 0.3) is 6.71 Å². The van der Waals surface area contributed by atoms with Gasteiger partial charge in [-0.25, -0.2) is 0 Å². The molecular formula is C44H49BN2. The van der Waals surface area contributed by atoms with Gasteiger partial charge in [-0.2, -0.15) is 0 Å². The molecule has 7 rings (SSSR count). The van der Waals surface area contributed by atoms with Gasteiger partial charge in [0.2, 0.25) is 0 Å². The molecule has 3 heteroatoms. The minimum Gasteiger partial charge on any atom is -0.311 e. The Labute approximate surface area is 283 Å². The van der Waals surface area contributed by atoms with Gasteiger partial charge in [-0.05, 0) is 117 Å². The van der Waals surface area contributed by atoms with Gasteiger partial charge in [0, 0.05) is 34.1 Å². The van der Waals surface area contributed by atoms with E-state index in [2.05, 4.69) is 183 Å². The van der Waals surface area contributed by atoms with Crippen LogP contribution in [0.1, 0.15) is 90.1 Å². The maximum Gasteiger partial charge on any atom is 0.252 e. The van der Waals surface area contributed by atoms with E-state index in [-0.39, 0.29) is 23.0 Å². The monoisotopic (exact) mass is 616 g/mol. The number of benzene rings is 5. The molecule has 5 aromatic rings. The fraction of sp³-hybridized carbons (Fsp3) is 0.318. The van der Waals surface area contributed by atoms with Crippen molar-refractivity contribution in [3.8, 4) is 0 Å². The van der Waals surface area contributed by atoms with E-state index in [1.54, 1.807) is 0 Å². The molecule has 0 aliphatic carbocycles. The highest BCUT2D eigenvalue weighted by Gasteiger charge is 2.44. The van der Waals surface area contributed by atoms with E-state index in [0.29, 0.717) is 0 Å². The molecule has 47 heavy (non-hydrogen) atoms. The minimum absolute atomic E-state index is 0.0372. The highest BCUT2D eigenvalue weighted by atomic mass is 15.2. The molecule has 0 fully saturated rings. The third-order valence-electron chi connectivity index (χ3n) is 10.2. The predicted octanol–water partition coefficient (Wildman–Crippen LogP) is 10.3. The Morgan fingerprint density at radius 1 is 0.404 bits per heavy atom. The second-order valence-corrected chi connectivity index (χ2v) is 17.0. The second kappa shape index (κ2) is 10.6. The summed E-state index contributed by atoms with van der Waals surface area (Å²) in [7, 11) is 0. The molecule has 0 N–H and O–H groups in total. The van der Waals surface area contributed by atoms with E-state index < -0.39 is 0 Å². The second-order valence-electron chi connectivity index (χ2n) is 17.0. The van der Waals surface area contributed by atoms with Crippen molar-refractivity contribution in [2.75, 3.05) is 9.80 Å². The van der Waals surface area contributed by atoms with E-state index in [1.807, 2.05) is 0 Å². The molecular weight excluding hydrogens is 567 g/mol. The van der Waals surface area contributed by atoms with Gasteiger partial charge in [-0.3, -0.25) is 0 Å². The third kappa shape index (κ3) is 5.29. The summed E-state index contributed by atoms with van der Waals surface area (Å²) in [5.41, 5.74) is 18.5. The molecule has 5 aromatic carbocycles. The van der Waals surface area contributed by atoms with Crippen LogP contribution in [0.4, 0.5) is 34.1 Å². The molecule has 2 nitrogen and oxygen atoms in total. The van der Waals surface area contributed by atoms with E-state index >= 15 is 0 Å². The first-order valence-electron chi connectivity index (χ1n) is 17.2. The molecule has 0 unspecified atom stereocenters. The Morgan fingerprint density at radius 2 is 0.809 bits per heavy atom. The predicted molar refractivity (Wildman–Crippen MR) is 206 cm³/mol. The summed E-state index contributed by atoms with van der Waals surface area (Å²) in [6.45, 7) is 25.3. The first-order valence-corrected chi connectivity index (χ1v) is 17.2. The maximum absolute atomic E-state index is 2.53. The van der Waals surface area contributed by atoms with Crippen molar-refractivity contribution in [3.63, 3.8) is 0 Å². The van der Waals surface area contributed by atoms with Crippen LogP contribution in [0.3, 0.4) is 0 Å². The van der Waals surface area contributed by atoms with Gasteiger partial charge < -0.3 is 9.80 Å². The number of nitrogens with zero attached hydrogens (tertiary/aromatic N) is 2. The van der Waals surface area contributed by atoms with Crippen molar-refractivity contribution in [1.82, 2.24) is 0 Å². The van der Waals surface area contributed by atoms with Crippen LogP contribution in [0.15, 0.2) is 97.1 Å². The lowest BCUT2D eigenvalue weighted by atomic mass is 9.33. The van der Waals surface area contributed by atoms with E-state index in [0.717, 1.165) is 0 Å². The average Bonchev–Trinajstić information content (AvgIpc) is 2.99. The van der Waals surface area contributed by atoms with Gasteiger partial charge in [0.15, 0.2) is 0 Å². The van der Waals surface area contributed by atoms with Crippen molar-refractivity contribution in [1.29, 1.82) is 0 Å².